The van der Waals surface area contributed by atoms with Gasteiger partial charge in [0.15, 0.2) is 11.3 Å². The number of aliphatic hydroxyl groups is 1. The zero-order valence-electron chi connectivity index (χ0n) is 8.85. The van der Waals surface area contributed by atoms with Gasteiger partial charge in [0.05, 0.1) is 0 Å². The molecule has 3 rings (SSSR count). The van der Waals surface area contributed by atoms with Crippen LogP contribution in [-0.2, 0) is 4.79 Å². The molecule has 1 atom stereocenters. The van der Waals surface area contributed by atoms with E-state index in [1.807, 2.05) is 0 Å². The van der Waals surface area contributed by atoms with Crippen molar-refractivity contribution in [2.45, 2.75) is 16.2 Å². The maximum Gasteiger partial charge on any atom is 0.257 e. The van der Waals surface area contributed by atoms with E-state index < -0.39 is 12.0 Å². The molecule has 2 heterocycles. The topological polar surface area (TPSA) is 90.9 Å². The van der Waals surface area contributed by atoms with Crippen LogP contribution >= 0.6 is 27.7 Å². The van der Waals surface area contributed by atoms with Crippen LogP contribution in [0.5, 0.6) is 0 Å². The van der Waals surface area contributed by atoms with Crippen molar-refractivity contribution in [1.82, 2.24) is 15.2 Å². The standard InChI is InChI=1S/C10H7BrN4O2S/c11-5-1-4-6(14-9(17)8(4)16)2-7(5)18-10-12-3-13-15-10/h1-3,8,16H,(H,14,17)(H,12,13,15). The molecule has 1 aromatic carbocycles. The van der Waals surface area contributed by atoms with Gasteiger partial charge in [-0.25, -0.2) is 4.98 Å². The number of hydrogen-bond acceptors (Lipinski definition) is 5. The third-order valence-corrected chi connectivity index (χ3v) is 4.37. The van der Waals surface area contributed by atoms with Crippen LogP contribution in [0.1, 0.15) is 11.7 Å². The molecule has 8 heteroatoms. The quantitative estimate of drug-likeness (QED) is 0.781. The highest BCUT2D eigenvalue weighted by molar-refractivity contribution is 9.10. The first-order valence-corrected chi connectivity index (χ1v) is 6.61. The van der Waals surface area contributed by atoms with E-state index in [0.717, 1.165) is 9.37 Å². The molecular formula is C10H7BrN4O2S. The summed E-state index contributed by atoms with van der Waals surface area (Å²) in [5.41, 5.74) is 1.20. The van der Waals surface area contributed by atoms with E-state index in [1.54, 1.807) is 12.1 Å². The summed E-state index contributed by atoms with van der Waals surface area (Å²) in [6.07, 6.45) is 0.329. The lowest BCUT2D eigenvalue weighted by Gasteiger charge is -2.06. The van der Waals surface area contributed by atoms with Crippen molar-refractivity contribution in [3.05, 3.63) is 28.5 Å². The maximum absolute atomic E-state index is 11.4. The smallest absolute Gasteiger partial charge is 0.257 e. The molecule has 0 saturated heterocycles. The Morgan fingerprint density at radius 2 is 2.28 bits per heavy atom. The summed E-state index contributed by atoms with van der Waals surface area (Å²) in [5, 5.41) is 19.4. The van der Waals surface area contributed by atoms with Crippen molar-refractivity contribution >= 4 is 39.3 Å². The first-order valence-electron chi connectivity index (χ1n) is 5.01. The first-order chi connectivity index (χ1) is 8.65. The molecule has 18 heavy (non-hydrogen) atoms. The molecule has 0 bridgehead atoms. The molecule has 1 aliphatic heterocycles. The minimum atomic E-state index is -1.10. The molecular weight excluding hydrogens is 320 g/mol. The Balaban J connectivity index is 1.98. The second-order valence-electron chi connectivity index (χ2n) is 3.65. The van der Waals surface area contributed by atoms with Gasteiger partial charge in [-0.15, -0.1) is 0 Å². The van der Waals surface area contributed by atoms with Crippen LogP contribution in [0.15, 0.2) is 33.0 Å². The van der Waals surface area contributed by atoms with Crippen LogP contribution in [0.4, 0.5) is 5.69 Å². The molecule has 0 aliphatic carbocycles. The van der Waals surface area contributed by atoms with Crippen LogP contribution < -0.4 is 5.32 Å². The minimum absolute atomic E-state index is 0.404. The summed E-state index contributed by atoms with van der Waals surface area (Å²) in [5.74, 6) is -0.404. The molecule has 92 valence electrons. The second kappa shape index (κ2) is 4.38. The Morgan fingerprint density at radius 3 is 3.00 bits per heavy atom. The van der Waals surface area contributed by atoms with Crippen LogP contribution in [-0.4, -0.2) is 26.2 Å². The normalized spacial score (nSPS) is 17.7. The number of nitrogens with zero attached hydrogens (tertiary/aromatic N) is 2. The van der Waals surface area contributed by atoms with Gasteiger partial charge in [-0.3, -0.25) is 9.89 Å². The Hall–Kier alpha value is -1.38. The van der Waals surface area contributed by atoms with Crippen LogP contribution in [0.2, 0.25) is 0 Å². The molecule has 0 spiro atoms. The lowest BCUT2D eigenvalue weighted by molar-refractivity contribution is -0.123. The number of carbonyl (C=O) groups is 1. The largest absolute Gasteiger partial charge is 0.378 e. The van der Waals surface area contributed by atoms with E-state index in [9.17, 15) is 9.90 Å². The van der Waals surface area contributed by atoms with Gasteiger partial charge in [0.1, 0.15) is 6.33 Å². The number of fused-ring (bicyclic) bond motifs is 1. The van der Waals surface area contributed by atoms with Gasteiger partial charge in [-0.1, -0.05) is 0 Å². The second-order valence-corrected chi connectivity index (χ2v) is 5.54. The van der Waals surface area contributed by atoms with Gasteiger partial charge in [0.2, 0.25) is 0 Å². The molecule has 1 amide bonds. The highest BCUT2D eigenvalue weighted by Crippen LogP contribution is 2.40. The number of H-pyrrole nitrogens is 1. The Morgan fingerprint density at radius 1 is 1.44 bits per heavy atom. The number of hydrogen-bond donors (Lipinski definition) is 3. The number of rotatable bonds is 2. The van der Waals surface area contributed by atoms with Gasteiger partial charge in [0.25, 0.3) is 5.91 Å². The average Bonchev–Trinajstić information content (AvgIpc) is 2.92. The molecule has 6 nitrogen and oxygen atoms in total. The fraction of sp³-hybridized carbons (Fsp3) is 0.100. The lowest BCUT2D eigenvalue weighted by atomic mass is 10.1. The fourth-order valence-corrected chi connectivity index (χ4v) is 3.01. The van der Waals surface area contributed by atoms with Crippen molar-refractivity contribution in [3.63, 3.8) is 0 Å². The van der Waals surface area contributed by atoms with Crippen molar-refractivity contribution < 1.29 is 9.90 Å². The monoisotopic (exact) mass is 326 g/mol. The van der Waals surface area contributed by atoms with Crippen molar-refractivity contribution in [2.75, 3.05) is 5.32 Å². The maximum atomic E-state index is 11.4. The van der Waals surface area contributed by atoms with E-state index >= 15 is 0 Å². The number of amides is 1. The van der Waals surface area contributed by atoms with Crippen molar-refractivity contribution in [3.8, 4) is 0 Å². The molecule has 1 unspecified atom stereocenters. The number of anilines is 1. The summed E-state index contributed by atoms with van der Waals surface area (Å²) in [6, 6.07) is 3.53. The SMILES string of the molecule is O=C1Nc2cc(Sc3ncn[nH]3)c(Br)cc2C1O. The number of aromatic nitrogens is 3. The zero-order valence-corrected chi connectivity index (χ0v) is 11.2. The molecule has 0 radical (unpaired) electrons. The predicted octanol–water partition coefficient (Wildman–Crippen LogP) is 1.70. The third kappa shape index (κ3) is 1.92. The van der Waals surface area contributed by atoms with Crippen LogP contribution in [0.25, 0.3) is 0 Å². The van der Waals surface area contributed by atoms with Gasteiger partial charge >= 0.3 is 0 Å². The fourth-order valence-electron chi connectivity index (χ4n) is 1.67. The molecule has 2 aromatic rings. The highest BCUT2D eigenvalue weighted by atomic mass is 79.9. The Labute approximate surface area is 114 Å². The van der Waals surface area contributed by atoms with Gasteiger partial charge in [-0.05, 0) is 39.8 Å². The average molecular weight is 327 g/mol. The van der Waals surface area contributed by atoms with E-state index in [-0.39, 0.29) is 0 Å². The van der Waals surface area contributed by atoms with Crippen molar-refractivity contribution in [2.24, 2.45) is 0 Å². The summed E-state index contributed by atoms with van der Waals surface area (Å²) >= 11 is 4.79. The zero-order chi connectivity index (χ0) is 12.7. The summed E-state index contributed by atoms with van der Waals surface area (Å²) < 4.78 is 0.790. The molecule has 1 aromatic heterocycles. The molecule has 0 fully saturated rings. The van der Waals surface area contributed by atoms with Crippen molar-refractivity contribution in [1.29, 1.82) is 0 Å². The van der Waals surface area contributed by atoms with Gasteiger partial charge in [0, 0.05) is 20.6 Å². The summed E-state index contributed by atoms with van der Waals surface area (Å²) in [4.78, 5) is 16.2. The number of benzene rings is 1. The number of aliphatic hydroxyl groups excluding tert-OH is 1. The van der Waals surface area contributed by atoms with Crippen LogP contribution in [0, 0.1) is 0 Å². The number of halogens is 1. The summed E-state index contributed by atoms with van der Waals surface area (Å²) in [7, 11) is 0. The van der Waals surface area contributed by atoms with Gasteiger partial charge < -0.3 is 10.4 Å². The van der Waals surface area contributed by atoms with E-state index in [4.69, 9.17) is 0 Å². The third-order valence-electron chi connectivity index (χ3n) is 2.50. The highest BCUT2D eigenvalue weighted by Gasteiger charge is 2.29. The Kier molecular flexibility index (Phi) is 2.84. The summed E-state index contributed by atoms with van der Waals surface area (Å²) in [6.45, 7) is 0. The minimum Gasteiger partial charge on any atom is -0.378 e. The number of carbonyl (C=O) groups excluding carboxylic acids is 1. The molecule has 0 saturated carbocycles. The molecule has 3 N–H and O–H groups in total. The number of aromatic amines is 1. The molecule has 1 aliphatic rings. The first kappa shape index (κ1) is 11.7. The van der Waals surface area contributed by atoms with Gasteiger partial charge in [-0.2, -0.15) is 5.10 Å². The van der Waals surface area contributed by atoms with E-state index in [2.05, 4.69) is 36.4 Å². The predicted molar refractivity (Wildman–Crippen MR) is 68.2 cm³/mol. The Bertz CT molecular complexity index is 617. The van der Waals surface area contributed by atoms with Crippen LogP contribution in [0.3, 0.4) is 0 Å². The number of nitrogens with one attached hydrogen (secondary N) is 2. The van der Waals surface area contributed by atoms with E-state index in [1.165, 1.54) is 18.1 Å². The van der Waals surface area contributed by atoms with E-state index in [0.29, 0.717) is 16.4 Å². The lowest BCUT2D eigenvalue weighted by Crippen LogP contribution is -2.10.